The van der Waals surface area contributed by atoms with Crippen molar-refractivity contribution >= 4 is 23.7 Å². The molecular formula is C14H12ClNO2. The van der Waals surface area contributed by atoms with E-state index in [4.69, 9.17) is 11.6 Å². The number of benzene rings is 1. The van der Waals surface area contributed by atoms with Crippen molar-refractivity contribution in [3.05, 3.63) is 57.4 Å². The van der Waals surface area contributed by atoms with E-state index >= 15 is 0 Å². The van der Waals surface area contributed by atoms with Crippen LogP contribution in [-0.4, -0.2) is 17.1 Å². The smallest absolute Gasteiger partial charge is 0.197 e. The van der Waals surface area contributed by atoms with Gasteiger partial charge in [0.05, 0.1) is 10.6 Å². The lowest BCUT2D eigenvalue weighted by Crippen LogP contribution is -2.05. The average molecular weight is 262 g/mol. The predicted molar refractivity (Wildman–Crippen MR) is 70.5 cm³/mol. The topological polar surface area (TPSA) is 49.9 Å². The van der Waals surface area contributed by atoms with Gasteiger partial charge in [0.1, 0.15) is 0 Å². The second-order valence-electron chi connectivity index (χ2n) is 4.09. The summed E-state index contributed by atoms with van der Waals surface area (Å²) in [6, 6.07) is 6.81. The molecule has 4 heteroatoms. The summed E-state index contributed by atoms with van der Waals surface area (Å²) < 4.78 is 0. The maximum Gasteiger partial charge on any atom is 0.197 e. The number of carbonyl (C=O) groups excluding carboxylic acids is 2. The summed E-state index contributed by atoms with van der Waals surface area (Å²) in [5.74, 6) is -0.232. The monoisotopic (exact) mass is 261 g/mol. The molecule has 1 aromatic carbocycles. The third-order valence-electron chi connectivity index (χ3n) is 2.89. The fourth-order valence-electron chi connectivity index (χ4n) is 2.02. The Balaban J connectivity index is 2.60. The summed E-state index contributed by atoms with van der Waals surface area (Å²) in [6.07, 6.45) is 0.697. The van der Waals surface area contributed by atoms with Gasteiger partial charge in [-0.2, -0.15) is 0 Å². The second kappa shape index (κ2) is 4.78. The van der Waals surface area contributed by atoms with E-state index in [9.17, 15) is 9.59 Å². The maximum absolute atomic E-state index is 12.4. The van der Waals surface area contributed by atoms with Crippen LogP contribution in [0.3, 0.4) is 0 Å². The number of hydrogen-bond donors (Lipinski definition) is 1. The van der Waals surface area contributed by atoms with Gasteiger partial charge in [-0.3, -0.25) is 9.59 Å². The van der Waals surface area contributed by atoms with Gasteiger partial charge in [-0.05, 0) is 26.0 Å². The molecule has 2 rings (SSSR count). The summed E-state index contributed by atoms with van der Waals surface area (Å²) in [5, 5.41) is 0.387. The Bertz CT molecular complexity index is 629. The molecule has 1 aromatic heterocycles. The van der Waals surface area contributed by atoms with Gasteiger partial charge < -0.3 is 4.98 Å². The maximum atomic E-state index is 12.4. The number of hydrogen-bond acceptors (Lipinski definition) is 2. The molecule has 0 atom stereocenters. The molecule has 0 aliphatic rings. The normalized spacial score (nSPS) is 10.4. The van der Waals surface area contributed by atoms with Crippen molar-refractivity contribution in [3.8, 4) is 0 Å². The Labute approximate surface area is 110 Å². The first kappa shape index (κ1) is 12.6. The number of aryl methyl sites for hydroxylation is 2. The van der Waals surface area contributed by atoms with Crippen molar-refractivity contribution in [1.82, 2.24) is 4.98 Å². The van der Waals surface area contributed by atoms with Crippen molar-refractivity contribution in [2.45, 2.75) is 13.8 Å². The Morgan fingerprint density at radius 3 is 2.50 bits per heavy atom. The molecular weight excluding hydrogens is 250 g/mol. The van der Waals surface area contributed by atoms with E-state index < -0.39 is 0 Å². The lowest BCUT2D eigenvalue weighted by Gasteiger charge is -2.03. The van der Waals surface area contributed by atoms with E-state index in [2.05, 4.69) is 4.98 Å². The van der Waals surface area contributed by atoms with Crippen LogP contribution < -0.4 is 0 Å². The highest BCUT2D eigenvalue weighted by Gasteiger charge is 2.21. The molecule has 0 saturated heterocycles. The van der Waals surface area contributed by atoms with Crippen LogP contribution in [0.4, 0.5) is 0 Å². The Morgan fingerprint density at radius 2 is 1.89 bits per heavy atom. The third-order valence-corrected chi connectivity index (χ3v) is 3.22. The highest BCUT2D eigenvalue weighted by molar-refractivity contribution is 6.35. The highest BCUT2D eigenvalue weighted by atomic mass is 35.5. The molecule has 3 nitrogen and oxygen atoms in total. The van der Waals surface area contributed by atoms with Crippen molar-refractivity contribution in [3.63, 3.8) is 0 Å². The van der Waals surface area contributed by atoms with Gasteiger partial charge in [0.2, 0.25) is 0 Å². The summed E-state index contributed by atoms with van der Waals surface area (Å²) in [6.45, 7) is 3.53. The van der Waals surface area contributed by atoms with Crippen molar-refractivity contribution < 1.29 is 9.59 Å². The molecule has 0 radical (unpaired) electrons. The third kappa shape index (κ3) is 1.97. The molecule has 0 fully saturated rings. The Kier molecular flexibility index (Phi) is 3.34. The van der Waals surface area contributed by atoms with E-state index in [1.54, 1.807) is 38.1 Å². The first-order chi connectivity index (χ1) is 8.56. The first-order valence-electron chi connectivity index (χ1n) is 5.49. The Morgan fingerprint density at radius 1 is 1.22 bits per heavy atom. The molecule has 0 spiro atoms. The van der Waals surface area contributed by atoms with Crippen LogP contribution in [0.15, 0.2) is 24.3 Å². The number of carbonyl (C=O) groups is 2. The molecule has 1 N–H and O–H groups in total. The van der Waals surface area contributed by atoms with Crippen LogP contribution in [-0.2, 0) is 0 Å². The average Bonchev–Trinajstić information content (AvgIpc) is 2.63. The standard InChI is InChI=1S/C14H12ClNO2/c1-8-11(7-17)13(9(2)16-8)14(18)10-5-3-4-6-12(10)15/h3-7,16H,1-2H3. The van der Waals surface area contributed by atoms with E-state index in [1.165, 1.54) is 0 Å². The van der Waals surface area contributed by atoms with E-state index in [0.29, 0.717) is 39.4 Å². The highest BCUT2D eigenvalue weighted by Crippen LogP contribution is 2.24. The number of aromatic amines is 1. The van der Waals surface area contributed by atoms with Crippen molar-refractivity contribution in [1.29, 1.82) is 0 Å². The molecule has 0 aliphatic heterocycles. The largest absolute Gasteiger partial charge is 0.361 e. The van der Waals surface area contributed by atoms with Crippen LogP contribution in [0.5, 0.6) is 0 Å². The quantitative estimate of drug-likeness (QED) is 0.681. The molecule has 2 aromatic rings. The van der Waals surface area contributed by atoms with Gasteiger partial charge >= 0.3 is 0 Å². The van der Waals surface area contributed by atoms with Crippen LogP contribution in [0.25, 0.3) is 0 Å². The van der Waals surface area contributed by atoms with Gasteiger partial charge in [0.15, 0.2) is 12.1 Å². The molecule has 0 aliphatic carbocycles. The zero-order valence-electron chi connectivity index (χ0n) is 10.1. The van der Waals surface area contributed by atoms with Crippen molar-refractivity contribution in [2.75, 3.05) is 0 Å². The lowest BCUT2D eigenvalue weighted by atomic mass is 9.99. The fraction of sp³-hybridized carbons (Fsp3) is 0.143. The molecule has 0 bridgehead atoms. The first-order valence-corrected chi connectivity index (χ1v) is 5.87. The van der Waals surface area contributed by atoms with Crippen molar-refractivity contribution in [2.24, 2.45) is 0 Å². The zero-order chi connectivity index (χ0) is 13.3. The van der Waals surface area contributed by atoms with Gasteiger partial charge in [-0.15, -0.1) is 0 Å². The molecule has 18 heavy (non-hydrogen) atoms. The van der Waals surface area contributed by atoms with Gasteiger partial charge in [-0.1, -0.05) is 23.7 Å². The van der Waals surface area contributed by atoms with E-state index in [1.807, 2.05) is 0 Å². The van der Waals surface area contributed by atoms with Crippen LogP contribution in [0, 0.1) is 13.8 Å². The Hall–Kier alpha value is -1.87. The molecule has 92 valence electrons. The van der Waals surface area contributed by atoms with Crippen LogP contribution in [0.1, 0.15) is 37.7 Å². The summed E-state index contributed by atoms with van der Waals surface area (Å²) in [4.78, 5) is 26.5. The molecule has 1 heterocycles. The lowest BCUT2D eigenvalue weighted by molar-refractivity contribution is 0.102. The predicted octanol–water partition coefficient (Wildman–Crippen LogP) is 3.33. The summed E-state index contributed by atoms with van der Waals surface area (Å²) >= 11 is 6.00. The van der Waals surface area contributed by atoms with Gasteiger partial charge in [-0.25, -0.2) is 0 Å². The molecule has 0 saturated carbocycles. The van der Waals surface area contributed by atoms with E-state index in [-0.39, 0.29) is 5.78 Å². The number of aromatic nitrogens is 1. The number of ketones is 1. The second-order valence-corrected chi connectivity index (χ2v) is 4.50. The van der Waals surface area contributed by atoms with Crippen LogP contribution in [0.2, 0.25) is 5.02 Å². The minimum Gasteiger partial charge on any atom is -0.361 e. The number of H-pyrrole nitrogens is 1. The number of rotatable bonds is 3. The SMILES string of the molecule is Cc1[nH]c(C)c(C(=O)c2ccccc2Cl)c1C=O. The number of aldehydes is 1. The summed E-state index contributed by atoms with van der Waals surface area (Å²) in [5.41, 5.74) is 2.58. The van der Waals surface area contributed by atoms with Gasteiger partial charge in [0.25, 0.3) is 0 Å². The fourth-order valence-corrected chi connectivity index (χ4v) is 2.24. The molecule has 0 unspecified atom stereocenters. The van der Waals surface area contributed by atoms with E-state index in [0.717, 1.165) is 0 Å². The number of halogens is 1. The minimum atomic E-state index is -0.232. The molecule has 0 amide bonds. The summed E-state index contributed by atoms with van der Waals surface area (Å²) in [7, 11) is 0. The van der Waals surface area contributed by atoms with Crippen LogP contribution >= 0.6 is 11.6 Å². The minimum absolute atomic E-state index is 0.232. The number of nitrogens with one attached hydrogen (secondary N) is 1. The zero-order valence-corrected chi connectivity index (χ0v) is 10.8. The van der Waals surface area contributed by atoms with Gasteiger partial charge in [0, 0.05) is 22.5 Å².